The molecule has 1 fully saturated rings. The minimum Gasteiger partial charge on any atom is -0.460 e. The number of aliphatic hydroxyl groups is 1. The highest BCUT2D eigenvalue weighted by atomic mass is 32.1. The summed E-state index contributed by atoms with van der Waals surface area (Å²) in [5.74, 6) is -0.388. The second-order valence-electron chi connectivity index (χ2n) is 5.86. The fourth-order valence-corrected chi connectivity index (χ4v) is 3.90. The Morgan fingerprint density at radius 3 is 3.08 bits per heavy atom. The molecule has 130 valence electrons. The molecule has 3 aromatic heterocycles. The number of pyridine rings is 1. The molecule has 1 N–H and O–H groups in total. The molecule has 0 radical (unpaired) electrons. The zero-order chi connectivity index (χ0) is 17.4. The predicted octanol–water partition coefficient (Wildman–Crippen LogP) is 2.37. The number of hydrogen-bond acceptors (Lipinski definition) is 7. The second kappa shape index (κ2) is 6.55. The summed E-state index contributed by atoms with van der Waals surface area (Å²) in [6.45, 7) is 1.14. The van der Waals surface area contributed by atoms with Crippen LogP contribution in [0, 0.1) is 0 Å². The largest absolute Gasteiger partial charge is 0.460 e. The average molecular weight is 359 g/mol. The van der Waals surface area contributed by atoms with E-state index in [4.69, 9.17) is 9.47 Å². The van der Waals surface area contributed by atoms with Crippen LogP contribution in [0.4, 0.5) is 0 Å². The van der Waals surface area contributed by atoms with Crippen LogP contribution in [0.2, 0.25) is 0 Å². The smallest absolute Gasteiger partial charge is 0.302 e. The first-order valence-electron chi connectivity index (χ1n) is 7.96. The molecule has 3 atom stereocenters. The summed E-state index contributed by atoms with van der Waals surface area (Å²) >= 11 is 1.64. The summed E-state index contributed by atoms with van der Waals surface area (Å²) in [6, 6.07) is 5.99. The Bertz CT molecular complexity index is 893. The first-order chi connectivity index (χ1) is 12.2. The summed E-state index contributed by atoms with van der Waals surface area (Å²) in [5, 5.41) is 11.5. The summed E-state index contributed by atoms with van der Waals surface area (Å²) in [7, 11) is 0. The van der Waals surface area contributed by atoms with Gasteiger partial charge in [0.1, 0.15) is 24.0 Å². The third-order valence-electron chi connectivity index (χ3n) is 4.24. The Labute approximate surface area is 147 Å². The molecule has 0 aliphatic carbocycles. The molecule has 25 heavy (non-hydrogen) atoms. The van der Waals surface area contributed by atoms with E-state index in [1.165, 1.54) is 6.92 Å². The topological polar surface area (TPSA) is 86.5 Å². The Hall–Kier alpha value is -2.29. The highest BCUT2D eigenvalue weighted by molar-refractivity contribution is 7.13. The van der Waals surface area contributed by atoms with Crippen LogP contribution in [0.5, 0.6) is 0 Å². The number of fused-ring (bicyclic) bond motifs is 1. The van der Waals surface area contributed by atoms with Crippen LogP contribution in [0.15, 0.2) is 36.1 Å². The van der Waals surface area contributed by atoms with Crippen molar-refractivity contribution >= 4 is 28.5 Å². The van der Waals surface area contributed by atoms with Gasteiger partial charge in [-0.05, 0) is 17.5 Å². The Kier molecular flexibility index (Phi) is 4.24. The van der Waals surface area contributed by atoms with Crippen molar-refractivity contribution in [2.45, 2.75) is 31.8 Å². The zero-order valence-corrected chi connectivity index (χ0v) is 14.3. The monoisotopic (exact) mass is 359 g/mol. The number of rotatable bonds is 4. The Morgan fingerprint density at radius 1 is 1.48 bits per heavy atom. The van der Waals surface area contributed by atoms with Gasteiger partial charge >= 0.3 is 5.97 Å². The number of ether oxygens (including phenoxy) is 2. The van der Waals surface area contributed by atoms with Gasteiger partial charge in [-0.1, -0.05) is 6.07 Å². The van der Waals surface area contributed by atoms with Crippen LogP contribution < -0.4 is 0 Å². The molecule has 0 spiro atoms. The molecule has 0 amide bonds. The molecule has 4 heterocycles. The van der Waals surface area contributed by atoms with Crippen molar-refractivity contribution in [1.82, 2.24) is 14.5 Å². The number of imidazole rings is 1. The van der Waals surface area contributed by atoms with Crippen LogP contribution in [-0.4, -0.2) is 44.4 Å². The quantitative estimate of drug-likeness (QED) is 0.720. The lowest BCUT2D eigenvalue weighted by Crippen LogP contribution is -2.29. The fourth-order valence-electron chi connectivity index (χ4n) is 3.15. The number of thiophene rings is 1. The SMILES string of the molecule is CC(=O)O[C@H]1C[C@H](n2cnc3c(-c4cccs4)ccnc32)O[C@@H]1CO. The van der Waals surface area contributed by atoms with Gasteiger partial charge in [-0.25, -0.2) is 9.97 Å². The first kappa shape index (κ1) is 16.2. The number of esters is 1. The van der Waals surface area contributed by atoms with Crippen molar-refractivity contribution in [3.63, 3.8) is 0 Å². The third-order valence-corrected chi connectivity index (χ3v) is 5.14. The molecule has 1 aliphatic rings. The van der Waals surface area contributed by atoms with Crippen molar-refractivity contribution in [3.05, 3.63) is 36.1 Å². The summed E-state index contributed by atoms with van der Waals surface area (Å²) in [6.07, 6.45) is 2.46. The molecule has 0 unspecified atom stereocenters. The van der Waals surface area contributed by atoms with Gasteiger partial charge in [0.2, 0.25) is 0 Å². The molecule has 0 saturated carbocycles. The molecule has 4 rings (SSSR count). The van der Waals surface area contributed by atoms with Gasteiger partial charge in [0.25, 0.3) is 0 Å². The van der Waals surface area contributed by atoms with Crippen molar-refractivity contribution in [3.8, 4) is 10.4 Å². The normalized spacial score (nSPS) is 23.2. The highest BCUT2D eigenvalue weighted by Crippen LogP contribution is 2.35. The van der Waals surface area contributed by atoms with E-state index in [0.717, 1.165) is 16.0 Å². The van der Waals surface area contributed by atoms with Crippen LogP contribution in [0.25, 0.3) is 21.6 Å². The number of aromatic nitrogens is 3. The summed E-state index contributed by atoms with van der Waals surface area (Å²) in [4.78, 5) is 21.3. The van der Waals surface area contributed by atoms with Gasteiger partial charge in [0.15, 0.2) is 5.65 Å². The molecule has 3 aromatic rings. The van der Waals surface area contributed by atoms with E-state index in [1.807, 2.05) is 28.1 Å². The third kappa shape index (κ3) is 2.92. The first-order valence-corrected chi connectivity index (χ1v) is 8.84. The molecular weight excluding hydrogens is 342 g/mol. The number of hydrogen-bond donors (Lipinski definition) is 1. The summed E-state index contributed by atoms with van der Waals surface area (Å²) in [5.41, 5.74) is 2.52. The van der Waals surface area contributed by atoms with Crippen LogP contribution in [0.3, 0.4) is 0 Å². The molecule has 8 heteroatoms. The van der Waals surface area contributed by atoms with Gasteiger partial charge < -0.3 is 14.6 Å². The number of carbonyl (C=O) groups excluding carboxylic acids is 1. The maximum Gasteiger partial charge on any atom is 0.302 e. The summed E-state index contributed by atoms with van der Waals surface area (Å²) < 4.78 is 13.0. The molecule has 1 aliphatic heterocycles. The number of carbonyl (C=O) groups is 1. The van der Waals surface area contributed by atoms with E-state index in [1.54, 1.807) is 23.9 Å². The van der Waals surface area contributed by atoms with Gasteiger partial charge in [0, 0.05) is 30.0 Å². The van der Waals surface area contributed by atoms with Crippen LogP contribution in [0.1, 0.15) is 19.6 Å². The molecule has 1 saturated heterocycles. The van der Waals surface area contributed by atoms with E-state index in [9.17, 15) is 9.90 Å². The molecule has 0 aromatic carbocycles. The van der Waals surface area contributed by atoms with Crippen molar-refractivity contribution in [1.29, 1.82) is 0 Å². The molecular formula is C17H17N3O4S. The lowest BCUT2D eigenvalue weighted by atomic mass is 10.2. The standard InChI is InChI=1S/C17H17N3O4S/c1-10(22)23-12-7-15(24-13(12)8-21)20-9-19-16-11(4-5-18-17(16)20)14-3-2-6-25-14/h2-6,9,12-13,15,21H,7-8H2,1H3/t12-,13+,15+/m0/s1. The van der Waals surface area contributed by atoms with Crippen LogP contribution in [-0.2, 0) is 14.3 Å². The highest BCUT2D eigenvalue weighted by Gasteiger charge is 2.38. The minimum atomic E-state index is -0.549. The van der Waals surface area contributed by atoms with Crippen LogP contribution >= 0.6 is 11.3 Å². The second-order valence-corrected chi connectivity index (χ2v) is 6.80. The number of aliphatic hydroxyl groups excluding tert-OH is 1. The van der Waals surface area contributed by atoms with Gasteiger partial charge in [-0.15, -0.1) is 11.3 Å². The van der Waals surface area contributed by atoms with E-state index >= 15 is 0 Å². The Morgan fingerprint density at radius 2 is 2.36 bits per heavy atom. The van der Waals surface area contributed by atoms with Gasteiger partial charge in [-0.2, -0.15) is 0 Å². The average Bonchev–Trinajstić information content (AvgIpc) is 3.33. The maximum absolute atomic E-state index is 11.3. The lowest BCUT2D eigenvalue weighted by molar-refractivity contribution is -0.150. The number of nitrogens with zero attached hydrogens (tertiary/aromatic N) is 3. The van der Waals surface area contributed by atoms with E-state index in [-0.39, 0.29) is 12.6 Å². The van der Waals surface area contributed by atoms with E-state index in [0.29, 0.717) is 12.1 Å². The minimum absolute atomic E-state index is 0.213. The van der Waals surface area contributed by atoms with E-state index < -0.39 is 18.4 Å². The predicted molar refractivity (Wildman–Crippen MR) is 92.0 cm³/mol. The van der Waals surface area contributed by atoms with Gasteiger partial charge in [-0.3, -0.25) is 9.36 Å². The Balaban J connectivity index is 1.69. The zero-order valence-electron chi connectivity index (χ0n) is 13.5. The van der Waals surface area contributed by atoms with Gasteiger partial charge in [0.05, 0.1) is 12.9 Å². The fraction of sp³-hybridized carbons (Fsp3) is 0.353. The molecule has 7 nitrogen and oxygen atoms in total. The van der Waals surface area contributed by atoms with Crippen molar-refractivity contribution in [2.75, 3.05) is 6.61 Å². The van der Waals surface area contributed by atoms with E-state index in [2.05, 4.69) is 9.97 Å². The van der Waals surface area contributed by atoms with Crippen molar-refractivity contribution in [2.24, 2.45) is 0 Å². The van der Waals surface area contributed by atoms with Crippen molar-refractivity contribution < 1.29 is 19.4 Å². The molecule has 0 bridgehead atoms. The lowest BCUT2D eigenvalue weighted by Gasteiger charge is -2.15. The maximum atomic E-state index is 11.3.